The van der Waals surface area contributed by atoms with Gasteiger partial charge in [-0.2, -0.15) is 0 Å². The molecule has 2 N–H and O–H groups in total. The summed E-state index contributed by atoms with van der Waals surface area (Å²) in [4.78, 5) is 46.5. The van der Waals surface area contributed by atoms with Crippen molar-refractivity contribution in [2.24, 2.45) is 0 Å². The molecule has 1 aliphatic rings. The highest BCUT2D eigenvalue weighted by Crippen LogP contribution is 2.26. The van der Waals surface area contributed by atoms with Crippen LogP contribution >= 0.6 is 0 Å². The fourth-order valence-corrected chi connectivity index (χ4v) is 2.11. The van der Waals surface area contributed by atoms with Gasteiger partial charge in [-0.25, -0.2) is 4.79 Å². The molecule has 0 saturated carbocycles. The molecule has 0 spiro atoms. The second-order valence-corrected chi connectivity index (χ2v) is 4.31. The van der Waals surface area contributed by atoms with Crippen LogP contribution < -0.4 is 0 Å². The molecule has 1 atom stereocenters. The van der Waals surface area contributed by atoms with E-state index in [-0.39, 0.29) is 17.5 Å². The molecule has 7 heteroatoms. The van der Waals surface area contributed by atoms with Crippen LogP contribution in [0.15, 0.2) is 24.3 Å². The Balaban J connectivity index is 2.32. The van der Waals surface area contributed by atoms with Crippen molar-refractivity contribution in [2.75, 3.05) is 0 Å². The molecular formula is C13H11NO6. The lowest BCUT2D eigenvalue weighted by molar-refractivity contribution is -0.142. The Hall–Kier alpha value is -2.70. The van der Waals surface area contributed by atoms with Gasteiger partial charge in [0.05, 0.1) is 11.1 Å². The summed E-state index contributed by atoms with van der Waals surface area (Å²) in [7, 11) is 0. The minimum Gasteiger partial charge on any atom is -0.481 e. The molecule has 7 nitrogen and oxygen atoms in total. The number of carboxylic acid groups (broad SMARTS) is 2. The molecular weight excluding hydrogens is 267 g/mol. The maximum absolute atomic E-state index is 12.1. The van der Waals surface area contributed by atoms with E-state index >= 15 is 0 Å². The van der Waals surface area contributed by atoms with Crippen molar-refractivity contribution >= 4 is 23.8 Å². The largest absolute Gasteiger partial charge is 0.481 e. The van der Waals surface area contributed by atoms with Crippen molar-refractivity contribution in [1.82, 2.24) is 4.90 Å². The molecule has 2 rings (SSSR count). The number of nitrogens with zero attached hydrogens (tertiary/aromatic N) is 1. The number of rotatable bonds is 5. The quantitative estimate of drug-likeness (QED) is 0.602. The van der Waals surface area contributed by atoms with Gasteiger partial charge in [0.2, 0.25) is 0 Å². The molecule has 0 bridgehead atoms. The van der Waals surface area contributed by atoms with Crippen molar-refractivity contribution in [3.8, 4) is 0 Å². The van der Waals surface area contributed by atoms with E-state index in [2.05, 4.69) is 0 Å². The Morgan fingerprint density at radius 3 is 1.95 bits per heavy atom. The number of hydrogen-bond acceptors (Lipinski definition) is 4. The first kappa shape index (κ1) is 13.7. The summed E-state index contributed by atoms with van der Waals surface area (Å²) < 4.78 is 0. The van der Waals surface area contributed by atoms with E-state index < -0.39 is 36.2 Å². The Labute approximate surface area is 113 Å². The van der Waals surface area contributed by atoms with Gasteiger partial charge in [-0.05, 0) is 18.6 Å². The second kappa shape index (κ2) is 5.12. The lowest BCUT2D eigenvalue weighted by Gasteiger charge is -2.21. The summed E-state index contributed by atoms with van der Waals surface area (Å²) in [6.07, 6.45) is -0.763. The first-order valence-electron chi connectivity index (χ1n) is 5.85. The number of benzene rings is 1. The van der Waals surface area contributed by atoms with Crippen molar-refractivity contribution in [1.29, 1.82) is 0 Å². The SMILES string of the molecule is O=C(O)CCC(C(=O)O)N1C(=O)c2ccccc2[13C]1=O. The fourth-order valence-electron chi connectivity index (χ4n) is 2.11. The summed E-state index contributed by atoms with van der Waals surface area (Å²) in [6, 6.07) is 4.54. The van der Waals surface area contributed by atoms with Gasteiger partial charge in [-0.1, -0.05) is 12.1 Å². The van der Waals surface area contributed by atoms with Gasteiger partial charge >= 0.3 is 11.9 Å². The summed E-state index contributed by atoms with van der Waals surface area (Å²) >= 11 is 0. The van der Waals surface area contributed by atoms with Gasteiger partial charge in [0.1, 0.15) is 6.04 Å². The third-order valence-electron chi connectivity index (χ3n) is 3.05. The summed E-state index contributed by atoms with van der Waals surface area (Å²) in [5.74, 6) is -4.00. The number of carboxylic acids is 2. The van der Waals surface area contributed by atoms with Crippen LogP contribution in [0.2, 0.25) is 0 Å². The highest BCUT2D eigenvalue weighted by molar-refractivity contribution is 6.22. The molecule has 104 valence electrons. The molecule has 0 aromatic heterocycles. The van der Waals surface area contributed by atoms with Gasteiger partial charge in [-0.15, -0.1) is 0 Å². The van der Waals surface area contributed by atoms with E-state index in [0.717, 1.165) is 0 Å². The summed E-state index contributed by atoms with van der Waals surface area (Å²) in [6.45, 7) is 0. The summed E-state index contributed by atoms with van der Waals surface area (Å²) in [5, 5.41) is 17.7. The molecule has 20 heavy (non-hydrogen) atoms. The van der Waals surface area contributed by atoms with E-state index in [1.165, 1.54) is 12.1 Å². The second-order valence-electron chi connectivity index (χ2n) is 4.31. The Bertz CT molecular complexity index is 574. The fraction of sp³-hybridized carbons (Fsp3) is 0.231. The zero-order chi connectivity index (χ0) is 14.9. The van der Waals surface area contributed by atoms with Gasteiger partial charge in [0.25, 0.3) is 11.8 Å². The van der Waals surface area contributed by atoms with Crippen molar-refractivity contribution < 1.29 is 29.4 Å². The predicted octanol–water partition coefficient (Wildman–Crippen LogP) is 0.601. The van der Waals surface area contributed by atoms with Crippen LogP contribution in [0.4, 0.5) is 0 Å². The minimum absolute atomic E-state index is 0.138. The van der Waals surface area contributed by atoms with E-state index in [0.29, 0.717) is 4.90 Å². The molecule has 1 heterocycles. The number of aliphatic carboxylic acids is 2. The van der Waals surface area contributed by atoms with E-state index in [1.807, 2.05) is 0 Å². The van der Waals surface area contributed by atoms with Crippen LogP contribution in [0.1, 0.15) is 33.6 Å². The first-order valence-corrected chi connectivity index (χ1v) is 5.85. The van der Waals surface area contributed by atoms with Crippen LogP contribution in [0.5, 0.6) is 0 Å². The Morgan fingerprint density at radius 1 is 1.05 bits per heavy atom. The van der Waals surface area contributed by atoms with Gasteiger partial charge in [-0.3, -0.25) is 19.3 Å². The first-order chi connectivity index (χ1) is 9.43. The maximum atomic E-state index is 12.1. The van der Waals surface area contributed by atoms with Gasteiger partial charge < -0.3 is 10.2 Å². The monoisotopic (exact) mass is 278 g/mol. The smallest absolute Gasteiger partial charge is 0.326 e. The normalized spacial score (nSPS) is 15.1. The number of fused-ring (bicyclic) bond motifs is 1. The number of carbonyl (C=O) groups is 4. The molecule has 1 aliphatic heterocycles. The maximum Gasteiger partial charge on any atom is 0.326 e. The number of carbonyl (C=O) groups excluding carboxylic acids is 2. The average Bonchev–Trinajstić information content (AvgIpc) is 2.64. The molecule has 0 saturated heterocycles. The van der Waals surface area contributed by atoms with Crippen LogP contribution in [0.3, 0.4) is 0 Å². The topological polar surface area (TPSA) is 112 Å². The zero-order valence-corrected chi connectivity index (χ0v) is 10.3. The molecule has 1 unspecified atom stereocenters. The molecule has 2 amide bonds. The van der Waals surface area contributed by atoms with Crippen LogP contribution in [-0.2, 0) is 9.59 Å². The van der Waals surface area contributed by atoms with Crippen LogP contribution in [0.25, 0.3) is 0 Å². The number of amides is 2. The van der Waals surface area contributed by atoms with Gasteiger partial charge in [0.15, 0.2) is 0 Å². The minimum atomic E-state index is -1.47. The number of imide groups is 1. The molecule has 1 aromatic rings. The van der Waals surface area contributed by atoms with Crippen molar-refractivity contribution in [2.45, 2.75) is 18.9 Å². The lowest BCUT2D eigenvalue weighted by Crippen LogP contribution is -2.45. The zero-order valence-electron chi connectivity index (χ0n) is 10.3. The Morgan fingerprint density at radius 2 is 1.55 bits per heavy atom. The third kappa shape index (κ3) is 2.25. The van der Waals surface area contributed by atoms with E-state index in [4.69, 9.17) is 10.2 Å². The van der Waals surface area contributed by atoms with Crippen LogP contribution in [0, 0.1) is 0 Å². The van der Waals surface area contributed by atoms with Crippen molar-refractivity contribution in [3.63, 3.8) is 0 Å². The standard InChI is InChI=1S/C13H11NO6/c15-10(16)6-5-9(13(19)20)14-11(17)7-3-1-2-4-8(7)12(14)18/h1-4,9H,5-6H2,(H,15,16)(H,19,20)/i11+1. The van der Waals surface area contributed by atoms with E-state index in [1.54, 1.807) is 12.1 Å². The molecule has 0 aliphatic carbocycles. The lowest BCUT2D eigenvalue weighted by atomic mass is 10.1. The highest BCUT2D eigenvalue weighted by Gasteiger charge is 2.42. The molecule has 0 radical (unpaired) electrons. The predicted molar refractivity (Wildman–Crippen MR) is 65.2 cm³/mol. The van der Waals surface area contributed by atoms with Crippen molar-refractivity contribution in [3.05, 3.63) is 35.4 Å². The van der Waals surface area contributed by atoms with Gasteiger partial charge in [0, 0.05) is 6.42 Å². The number of hydrogen-bond donors (Lipinski definition) is 2. The Kier molecular flexibility index (Phi) is 3.51. The van der Waals surface area contributed by atoms with E-state index in [9.17, 15) is 19.2 Å². The molecule has 1 aromatic carbocycles. The highest BCUT2D eigenvalue weighted by atomic mass is 16.4. The van der Waals surface area contributed by atoms with Crippen LogP contribution in [-0.4, -0.2) is 44.9 Å². The molecule has 0 fully saturated rings. The average molecular weight is 278 g/mol. The third-order valence-corrected chi connectivity index (χ3v) is 3.05. The summed E-state index contributed by atoms with van der Waals surface area (Å²) in [5.41, 5.74) is 0.276.